The smallest absolute Gasteiger partial charge is 0.242 e. The van der Waals surface area contributed by atoms with Gasteiger partial charge in [-0.1, -0.05) is 0 Å². The van der Waals surface area contributed by atoms with E-state index in [0.29, 0.717) is 6.54 Å². The largest absolute Gasteiger partial charge is 0.398 e. The summed E-state index contributed by atoms with van der Waals surface area (Å²) in [5, 5.41) is 4.12. The van der Waals surface area contributed by atoms with Crippen molar-refractivity contribution in [1.29, 1.82) is 0 Å². The molecule has 0 atom stereocenters. The second-order valence-electron chi connectivity index (χ2n) is 4.81. The molecule has 0 aliphatic rings. The lowest BCUT2D eigenvalue weighted by molar-refractivity contribution is 0.588. The van der Waals surface area contributed by atoms with E-state index in [1.54, 1.807) is 23.0 Å². The number of nitrogens with two attached hydrogens (primary N) is 1. The summed E-state index contributed by atoms with van der Waals surface area (Å²) in [4.78, 5) is 2.06. The lowest BCUT2D eigenvalue weighted by atomic mass is 10.2. The van der Waals surface area contributed by atoms with E-state index in [1.807, 2.05) is 25.2 Å². The summed E-state index contributed by atoms with van der Waals surface area (Å²) in [7, 11) is 1.60. The van der Waals surface area contributed by atoms with Crippen molar-refractivity contribution in [2.75, 3.05) is 24.7 Å². The predicted molar refractivity (Wildman–Crippen MR) is 82.4 cm³/mol. The first-order valence-corrected chi connectivity index (χ1v) is 7.83. The molecule has 0 aliphatic carbocycles. The fourth-order valence-corrected chi connectivity index (χ4v) is 2.88. The molecule has 8 heteroatoms. The van der Waals surface area contributed by atoms with E-state index < -0.39 is 10.0 Å². The van der Waals surface area contributed by atoms with Crippen LogP contribution >= 0.6 is 0 Å². The zero-order valence-corrected chi connectivity index (χ0v) is 13.1. The predicted octanol–water partition coefficient (Wildman–Crippen LogP) is 0.547. The molecule has 7 nitrogen and oxygen atoms in total. The first-order chi connectivity index (χ1) is 9.83. The zero-order chi connectivity index (χ0) is 15.6. The van der Waals surface area contributed by atoms with E-state index in [9.17, 15) is 8.42 Å². The number of nitrogen functional groups attached to an aromatic ring is 1. The van der Waals surface area contributed by atoms with Gasteiger partial charge >= 0.3 is 0 Å². The number of rotatable bonds is 5. The molecule has 0 unspecified atom stereocenters. The first-order valence-electron chi connectivity index (χ1n) is 6.35. The van der Waals surface area contributed by atoms with Gasteiger partial charge in [-0.2, -0.15) is 5.10 Å². The molecule has 0 radical (unpaired) electrons. The molecule has 0 bridgehead atoms. The lowest BCUT2D eigenvalue weighted by Crippen LogP contribution is -2.21. The highest BCUT2D eigenvalue weighted by atomic mass is 32.2. The minimum Gasteiger partial charge on any atom is -0.398 e. The molecule has 114 valence electrons. The van der Waals surface area contributed by atoms with Gasteiger partial charge in [0.15, 0.2) is 0 Å². The third-order valence-electron chi connectivity index (χ3n) is 3.17. The number of hydrogen-bond donors (Lipinski definition) is 2. The van der Waals surface area contributed by atoms with Crippen molar-refractivity contribution < 1.29 is 8.42 Å². The molecule has 0 spiro atoms. The Hall–Kier alpha value is -2.06. The normalized spacial score (nSPS) is 11.6. The minimum absolute atomic E-state index is 0.0866. The maximum Gasteiger partial charge on any atom is 0.242 e. The molecule has 1 aromatic heterocycles. The summed E-state index contributed by atoms with van der Waals surface area (Å²) >= 11 is 0. The Morgan fingerprint density at radius 2 is 2.14 bits per heavy atom. The average molecular weight is 309 g/mol. The summed E-state index contributed by atoms with van der Waals surface area (Å²) in [6.45, 7) is 0.658. The third kappa shape index (κ3) is 3.34. The van der Waals surface area contributed by atoms with Gasteiger partial charge in [0.2, 0.25) is 10.0 Å². The van der Waals surface area contributed by atoms with Crippen LogP contribution in [-0.2, 0) is 23.6 Å². The van der Waals surface area contributed by atoms with E-state index in [1.165, 1.54) is 13.1 Å². The fraction of sp³-hybridized carbons (Fsp3) is 0.308. The van der Waals surface area contributed by atoms with Gasteiger partial charge in [-0.3, -0.25) is 4.68 Å². The Labute approximate surface area is 124 Å². The molecule has 1 aromatic carbocycles. The standard InChI is InChI=1S/C13H19N5O2S/c1-15-21(19,20)13-5-4-11(6-12(13)14)17(2)8-10-7-16-18(3)9-10/h4-7,9,15H,8,14H2,1-3H3. The molecule has 0 saturated carbocycles. The van der Waals surface area contributed by atoms with Gasteiger partial charge in [-0.05, 0) is 25.2 Å². The van der Waals surface area contributed by atoms with Crippen molar-refractivity contribution in [3.8, 4) is 0 Å². The number of hydrogen-bond acceptors (Lipinski definition) is 5. The van der Waals surface area contributed by atoms with Crippen LogP contribution in [0.4, 0.5) is 11.4 Å². The van der Waals surface area contributed by atoms with Gasteiger partial charge < -0.3 is 10.6 Å². The maximum absolute atomic E-state index is 11.8. The molecule has 0 fully saturated rings. The summed E-state index contributed by atoms with van der Waals surface area (Å²) in [6.07, 6.45) is 3.72. The second kappa shape index (κ2) is 5.74. The van der Waals surface area contributed by atoms with Crippen LogP contribution in [0.1, 0.15) is 5.56 Å². The summed E-state index contributed by atoms with van der Waals surface area (Å²) in [6, 6.07) is 4.90. The highest BCUT2D eigenvalue weighted by Crippen LogP contribution is 2.25. The second-order valence-corrected chi connectivity index (χ2v) is 6.66. The molecule has 0 aliphatic heterocycles. The number of nitrogens with zero attached hydrogens (tertiary/aromatic N) is 3. The number of anilines is 2. The molecule has 21 heavy (non-hydrogen) atoms. The third-order valence-corrected chi connectivity index (χ3v) is 4.66. The van der Waals surface area contributed by atoms with Gasteiger partial charge in [0.05, 0.1) is 11.9 Å². The van der Waals surface area contributed by atoms with Crippen LogP contribution < -0.4 is 15.4 Å². The number of benzene rings is 1. The van der Waals surface area contributed by atoms with E-state index in [-0.39, 0.29) is 10.6 Å². The van der Waals surface area contributed by atoms with Crippen molar-refractivity contribution in [2.45, 2.75) is 11.4 Å². The number of sulfonamides is 1. The lowest BCUT2D eigenvalue weighted by Gasteiger charge is -2.19. The quantitative estimate of drug-likeness (QED) is 0.787. The van der Waals surface area contributed by atoms with Crippen molar-refractivity contribution in [2.24, 2.45) is 7.05 Å². The van der Waals surface area contributed by atoms with E-state index in [0.717, 1.165) is 11.3 Å². The van der Waals surface area contributed by atoms with Crippen LogP contribution in [0.5, 0.6) is 0 Å². The van der Waals surface area contributed by atoms with Crippen molar-refractivity contribution in [3.05, 3.63) is 36.2 Å². The number of nitrogens with one attached hydrogen (secondary N) is 1. The molecular formula is C13H19N5O2S. The number of aromatic nitrogens is 2. The highest BCUT2D eigenvalue weighted by Gasteiger charge is 2.16. The fourth-order valence-electron chi connectivity index (χ4n) is 2.05. The van der Waals surface area contributed by atoms with Crippen molar-refractivity contribution >= 4 is 21.4 Å². The van der Waals surface area contributed by atoms with Gasteiger partial charge in [-0.25, -0.2) is 13.1 Å². The molecule has 0 saturated heterocycles. The molecule has 3 N–H and O–H groups in total. The van der Waals surface area contributed by atoms with E-state index in [4.69, 9.17) is 5.73 Å². The number of aryl methyl sites for hydroxylation is 1. The van der Waals surface area contributed by atoms with Gasteiger partial charge in [0.25, 0.3) is 0 Å². The molecule has 2 rings (SSSR count). The van der Waals surface area contributed by atoms with Crippen molar-refractivity contribution in [3.63, 3.8) is 0 Å². The van der Waals surface area contributed by atoms with Crippen LogP contribution in [-0.4, -0.2) is 32.3 Å². The van der Waals surface area contributed by atoms with Gasteiger partial charge in [-0.15, -0.1) is 0 Å². The Bertz CT molecular complexity index is 739. The van der Waals surface area contributed by atoms with Gasteiger partial charge in [0.1, 0.15) is 4.90 Å². The van der Waals surface area contributed by atoms with Crippen LogP contribution in [0.15, 0.2) is 35.5 Å². The Morgan fingerprint density at radius 1 is 1.43 bits per heavy atom. The Kier molecular flexibility index (Phi) is 4.19. The molecule has 2 aromatic rings. The van der Waals surface area contributed by atoms with Crippen LogP contribution in [0.3, 0.4) is 0 Å². The Balaban J connectivity index is 2.23. The molecule has 0 amide bonds. The minimum atomic E-state index is -3.53. The first kappa shape index (κ1) is 15.3. The van der Waals surface area contributed by atoms with E-state index >= 15 is 0 Å². The van der Waals surface area contributed by atoms with Gasteiger partial charge in [0, 0.05) is 38.1 Å². The summed E-state index contributed by atoms with van der Waals surface area (Å²) in [5.41, 5.74) is 7.98. The van der Waals surface area contributed by atoms with Crippen LogP contribution in [0.25, 0.3) is 0 Å². The molecule has 1 heterocycles. The Morgan fingerprint density at radius 3 is 2.67 bits per heavy atom. The topological polar surface area (TPSA) is 93.2 Å². The monoisotopic (exact) mass is 309 g/mol. The summed E-state index contributed by atoms with van der Waals surface area (Å²) < 4.78 is 27.6. The molecular weight excluding hydrogens is 290 g/mol. The van der Waals surface area contributed by atoms with Crippen molar-refractivity contribution in [1.82, 2.24) is 14.5 Å². The van der Waals surface area contributed by atoms with E-state index in [2.05, 4.69) is 9.82 Å². The zero-order valence-electron chi connectivity index (χ0n) is 12.2. The average Bonchev–Trinajstić information content (AvgIpc) is 2.83. The maximum atomic E-state index is 11.8. The SMILES string of the molecule is CNS(=O)(=O)c1ccc(N(C)Cc2cnn(C)c2)cc1N. The van der Waals surface area contributed by atoms with Crippen LogP contribution in [0, 0.1) is 0 Å². The summed E-state index contributed by atoms with van der Waals surface area (Å²) in [5.74, 6) is 0. The van der Waals surface area contributed by atoms with Crippen LogP contribution in [0.2, 0.25) is 0 Å². The highest BCUT2D eigenvalue weighted by molar-refractivity contribution is 7.89.